The van der Waals surface area contributed by atoms with Gasteiger partial charge in [-0.05, 0) is 31.0 Å². The molecule has 3 nitrogen and oxygen atoms in total. The van der Waals surface area contributed by atoms with Gasteiger partial charge in [-0.2, -0.15) is 0 Å². The van der Waals surface area contributed by atoms with E-state index < -0.39 is 6.10 Å². The van der Waals surface area contributed by atoms with E-state index in [4.69, 9.17) is 33.7 Å². The number of ketones is 1. The van der Waals surface area contributed by atoms with Gasteiger partial charge in [-0.3, -0.25) is 4.79 Å². The summed E-state index contributed by atoms with van der Waals surface area (Å²) >= 11 is 11.7. The third kappa shape index (κ3) is 2.80. The van der Waals surface area contributed by atoms with E-state index in [-0.39, 0.29) is 11.9 Å². The van der Waals surface area contributed by atoms with Gasteiger partial charge in [0.05, 0.1) is 16.1 Å². The van der Waals surface area contributed by atoms with Crippen molar-refractivity contribution in [1.29, 1.82) is 0 Å². The minimum Gasteiger partial charge on any atom is -0.366 e. The summed E-state index contributed by atoms with van der Waals surface area (Å²) in [5, 5.41) is 0.821. The van der Waals surface area contributed by atoms with E-state index in [0.29, 0.717) is 28.6 Å². The molecule has 0 radical (unpaired) electrons. The Balaban J connectivity index is 2.12. The van der Waals surface area contributed by atoms with Crippen LogP contribution in [0.4, 0.5) is 0 Å². The van der Waals surface area contributed by atoms with Gasteiger partial charge < -0.3 is 10.5 Å². The zero-order valence-corrected chi connectivity index (χ0v) is 10.7. The minimum absolute atomic E-state index is 0.00766. The second-order valence-corrected chi connectivity index (χ2v) is 4.87. The van der Waals surface area contributed by atoms with Gasteiger partial charge in [0.15, 0.2) is 5.78 Å². The predicted octanol–water partition coefficient (Wildman–Crippen LogP) is 2.68. The fourth-order valence-corrected chi connectivity index (χ4v) is 2.21. The third-order valence-corrected chi connectivity index (χ3v) is 3.61. The Morgan fingerprint density at radius 3 is 2.71 bits per heavy atom. The van der Waals surface area contributed by atoms with Crippen LogP contribution in [0, 0.1) is 0 Å². The minimum atomic E-state index is -0.402. The van der Waals surface area contributed by atoms with Crippen LogP contribution in [0.15, 0.2) is 18.2 Å². The van der Waals surface area contributed by atoms with Crippen molar-refractivity contribution in [2.75, 3.05) is 6.54 Å². The number of benzene rings is 1. The molecule has 5 heteroatoms. The molecule has 1 aromatic rings. The lowest BCUT2D eigenvalue weighted by Gasteiger charge is -2.11. The van der Waals surface area contributed by atoms with Crippen LogP contribution >= 0.6 is 23.2 Å². The molecule has 2 unspecified atom stereocenters. The van der Waals surface area contributed by atoms with E-state index in [1.165, 1.54) is 0 Å². The molecule has 1 aliphatic heterocycles. The molecule has 0 spiro atoms. The molecular weight excluding hydrogens is 261 g/mol. The maximum Gasteiger partial charge on any atom is 0.191 e. The predicted molar refractivity (Wildman–Crippen MR) is 67.7 cm³/mol. The fourth-order valence-electron chi connectivity index (χ4n) is 1.91. The Hall–Kier alpha value is -0.610. The van der Waals surface area contributed by atoms with E-state index in [1.807, 2.05) is 0 Å². The van der Waals surface area contributed by atoms with Crippen molar-refractivity contribution in [3.8, 4) is 0 Å². The van der Waals surface area contributed by atoms with Crippen LogP contribution in [0.3, 0.4) is 0 Å². The van der Waals surface area contributed by atoms with Crippen molar-refractivity contribution in [1.82, 2.24) is 0 Å². The molecule has 92 valence electrons. The van der Waals surface area contributed by atoms with Gasteiger partial charge >= 0.3 is 0 Å². The first kappa shape index (κ1) is 12.8. The van der Waals surface area contributed by atoms with Crippen molar-refractivity contribution >= 4 is 29.0 Å². The summed E-state index contributed by atoms with van der Waals surface area (Å²) in [5.41, 5.74) is 6.03. The van der Waals surface area contributed by atoms with Crippen molar-refractivity contribution < 1.29 is 9.53 Å². The standard InChI is InChI=1S/C12H13Cl2NO2/c13-9-3-1-7(5-10(9)14)12(16)11-4-2-8(6-15)17-11/h1,3,5,8,11H,2,4,6,15H2. The van der Waals surface area contributed by atoms with Crippen LogP contribution in [0.25, 0.3) is 0 Å². The highest BCUT2D eigenvalue weighted by atomic mass is 35.5. The Kier molecular flexibility index (Phi) is 4.05. The molecule has 17 heavy (non-hydrogen) atoms. The molecule has 0 amide bonds. The summed E-state index contributed by atoms with van der Waals surface area (Å²) in [7, 11) is 0. The van der Waals surface area contributed by atoms with Crippen molar-refractivity contribution in [2.24, 2.45) is 5.73 Å². The number of hydrogen-bond acceptors (Lipinski definition) is 3. The Morgan fingerprint density at radius 2 is 2.12 bits per heavy atom. The number of halogens is 2. The smallest absolute Gasteiger partial charge is 0.191 e. The van der Waals surface area contributed by atoms with E-state index in [9.17, 15) is 4.79 Å². The van der Waals surface area contributed by atoms with Gasteiger partial charge in [0.25, 0.3) is 0 Å². The lowest BCUT2D eigenvalue weighted by atomic mass is 10.0. The summed E-state index contributed by atoms with van der Waals surface area (Å²) < 4.78 is 5.55. The normalized spacial score (nSPS) is 23.9. The molecule has 2 N–H and O–H groups in total. The highest BCUT2D eigenvalue weighted by Gasteiger charge is 2.30. The van der Waals surface area contributed by atoms with E-state index >= 15 is 0 Å². The zero-order valence-electron chi connectivity index (χ0n) is 9.16. The number of carbonyl (C=O) groups is 1. The van der Waals surface area contributed by atoms with Crippen molar-refractivity contribution in [2.45, 2.75) is 25.0 Å². The summed E-state index contributed by atoms with van der Waals surface area (Å²) in [6.07, 6.45) is 1.13. The lowest BCUT2D eigenvalue weighted by Crippen LogP contribution is -2.25. The number of rotatable bonds is 3. The van der Waals surface area contributed by atoms with Gasteiger partial charge in [0.2, 0.25) is 0 Å². The number of hydrogen-bond donors (Lipinski definition) is 1. The maximum absolute atomic E-state index is 12.1. The van der Waals surface area contributed by atoms with Crippen LogP contribution in [0.5, 0.6) is 0 Å². The third-order valence-electron chi connectivity index (χ3n) is 2.87. The Bertz CT molecular complexity index is 437. The first-order chi connectivity index (χ1) is 8.11. The first-order valence-electron chi connectivity index (χ1n) is 5.46. The van der Waals surface area contributed by atoms with Crippen LogP contribution in [-0.2, 0) is 4.74 Å². The van der Waals surface area contributed by atoms with Crippen LogP contribution in [-0.4, -0.2) is 24.5 Å². The molecule has 1 saturated heterocycles. The van der Waals surface area contributed by atoms with E-state index in [1.54, 1.807) is 18.2 Å². The molecular formula is C12H13Cl2NO2. The average molecular weight is 274 g/mol. The SMILES string of the molecule is NCC1CCC(C(=O)c2ccc(Cl)c(Cl)c2)O1. The van der Waals surface area contributed by atoms with E-state index in [0.717, 1.165) is 6.42 Å². The molecule has 1 aliphatic rings. The molecule has 0 aliphatic carbocycles. The summed E-state index contributed by atoms with van der Waals surface area (Å²) in [5.74, 6) is -0.0560. The number of Topliss-reactive ketones (excluding diaryl/α,β-unsaturated/α-hetero) is 1. The summed E-state index contributed by atoms with van der Waals surface area (Å²) in [6, 6.07) is 4.85. The second kappa shape index (κ2) is 5.36. The molecule has 1 heterocycles. The lowest BCUT2D eigenvalue weighted by molar-refractivity contribution is 0.0404. The van der Waals surface area contributed by atoms with Gasteiger partial charge in [-0.25, -0.2) is 0 Å². The fraction of sp³-hybridized carbons (Fsp3) is 0.417. The summed E-state index contributed by atoms with van der Waals surface area (Å²) in [4.78, 5) is 12.1. The largest absolute Gasteiger partial charge is 0.366 e. The topological polar surface area (TPSA) is 52.3 Å². The highest BCUT2D eigenvalue weighted by Crippen LogP contribution is 2.26. The summed E-state index contributed by atoms with van der Waals surface area (Å²) in [6.45, 7) is 0.450. The molecule has 0 aromatic heterocycles. The van der Waals surface area contributed by atoms with Crippen LogP contribution < -0.4 is 5.73 Å². The molecule has 0 saturated carbocycles. The second-order valence-electron chi connectivity index (χ2n) is 4.05. The Labute approximate surface area is 110 Å². The number of ether oxygens (including phenoxy) is 1. The van der Waals surface area contributed by atoms with Crippen molar-refractivity contribution in [3.05, 3.63) is 33.8 Å². The van der Waals surface area contributed by atoms with Gasteiger partial charge in [-0.1, -0.05) is 23.2 Å². The zero-order chi connectivity index (χ0) is 12.4. The maximum atomic E-state index is 12.1. The Morgan fingerprint density at radius 1 is 1.35 bits per heavy atom. The van der Waals surface area contributed by atoms with Gasteiger partial charge in [0, 0.05) is 12.1 Å². The van der Waals surface area contributed by atoms with Crippen molar-refractivity contribution in [3.63, 3.8) is 0 Å². The van der Waals surface area contributed by atoms with Crippen LogP contribution in [0.1, 0.15) is 23.2 Å². The number of carbonyl (C=O) groups excluding carboxylic acids is 1. The molecule has 0 bridgehead atoms. The van der Waals surface area contributed by atoms with E-state index in [2.05, 4.69) is 0 Å². The van der Waals surface area contributed by atoms with Gasteiger partial charge in [0.1, 0.15) is 6.10 Å². The number of nitrogens with two attached hydrogens (primary N) is 1. The quantitative estimate of drug-likeness (QED) is 0.862. The molecule has 2 rings (SSSR count). The van der Waals surface area contributed by atoms with Gasteiger partial charge in [-0.15, -0.1) is 0 Å². The molecule has 1 aromatic carbocycles. The highest BCUT2D eigenvalue weighted by molar-refractivity contribution is 6.42. The molecule has 2 atom stereocenters. The average Bonchev–Trinajstić information content (AvgIpc) is 2.80. The monoisotopic (exact) mass is 273 g/mol. The molecule has 1 fully saturated rings. The first-order valence-corrected chi connectivity index (χ1v) is 6.22. The van der Waals surface area contributed by atoms with Crippen LogP contribution in [0.2, 0.25) is 10.0 Å².